The number of benzene rings is 2. The average Bonchev–Trinajstić information content (AvgIpc) is 2.49. The van der Waals surface area contributed by atoms with Crippen molar-refractivity contribution in [3.05, 3.63) is 60.3 Å². The van der Waals surface area contributed by atoms with E-state index in [9.17, 15) is 4.79 Å². The van der Waals surface area contributed by atoms with Crippen molar-refractivity contribution in [1.82, 2.24) is 4.98 Å². The fourth-order valence-electron chi connectivity index (χ4n) is 2.05. The SMILES string of the molecule is NC(=O)c1ccc(N)c(Oc2cccc3cccnc23)c1. The molecular weight excluding hydrogens is 266 g/mol. The lowest BCUT2D eigenvalue weighted by molar-refractivity contribution is 0.1000. The van der Waals surface area contributed by atoms with Crippen molar-refractivity contribution >= 4 is 22.5 Å². The van der Waals surface area contributed by atoms with Crippen molar-refractivity contribution in [2.45, 2.75) is 0 Å². The Morgan fingerprint density at radius 1 is 1.05 bits per heavy atom. The van der Waals surface area contributed by atoms with Gasteiger partial charge in [-0.25, -0.2) is 0 Å². The monoisotopic (exact) mass is 279 g/mol. The Morgan fingerprint density at radius 2 is 1.86 bits per heavy atom. The number of rotatable bonds is 3. The number of amides is 1. The van der Waals surface area contributed by atoms with Crippen LogP contribution in [0.2, 0.25) is 0 Å². The molecule has 4 N–H and O–H groups in total. The summed E-state index contributed by atoms with van der Waals surface area (Å²) >= 11 is 0. The summed E-state index contributed by atoms with van der Waals surface area (Å²) in [6.45, 7) is 0. The van der Waals surface area contributed by atoms with E-state index < -0.39 is 5.91 Å². The summed E-state index contributed by atoms with van der Waals surface area (Å²) in [6.07, 6.45) is 1.69. The molecule has 0 aliphatic carbocycles. The molecule has 0 unspecified atom stereocenters. The van der Waals surface area contributed by atoms with Crippen LogP contribution in [0, 0.1) is 0 Å². The summed E-state index contributed by atoms with van der Waals surface area (Å²) in [6, 6.07) is 14.1. The first-order valence-corrected chi connectivity index (χ1v) is 6.36. The zero-order chi connectivity index (χ0) is 14.8. The van der Waals surface area contributed by atoms with Gasteiger partial charge >= 0.3 is 0 Å². The topological polar surface area (TPSA) is 91.2 Å². The van der Waals surface area contributed by atoms with Gasteiger partial charge in [0.05, 0.1) is 5.69 Å². The van der Waals surface area contributed by atoms with Crippen molar-refractivity contribution in [1.29, 1.82) is 0 Å². The highest BCUT2D eigenvalue weighted by molar-refractivity contribution is 5.94. The molecule has 5 heteroatoms. The molecule has 5 nitrogen and oxygen atoms in total. The number of fused-ring (bicyclic) bond motifs is 1. The Balaban J connectivity index is 2.06. The van der Waals surface area contributed by atoms with Gasteiger partial charge in [0.15, 0.2) is 11.5 Å². The molecule has 0 bridgehead atoms. The number of anilines is 1. The number of aromatic nitrogens is 1. The Labute approximate surface area is 121 Å². The number of ether oxygens (including phenoxy) is 1. The minimum absolute atomic E-state index is 0.340. The van der Waals surface area contributed by atoms with E-state index in [1.807, 2.05) is 24.3 Å². The van der Waals surface area contributed by atoms with Crippen LogP contribution in [0.15, 0.2) is 54.7 Å². The van der Waals surface area contributed by atoms with Crippen molar-refractivity contribution in [3.8, 4) is 11.5 Å². The largest absolute Gasteiger partial charge is 0.453 e. The predicted molar refractivity (Wildman–Crippen MR) is 81.2 cm³/mol. The van der Waals surface area contributed by atoms with E-state index in [2.05, 4.69) is 4.98 Å². The molecule has 1 aromatic heterocycles. The number of carbonyl (C=O) groups excluding carboxylic acids is 1. The molecule has 3 aromatic rings. The van der Waals surface area contributed by atoms with Gasteiger partial charge in [-0.05, 0) is 30.3 Å². The van der Waals surface area contributed by atoms with Crippen LogP contribution < -0.4 is 16.2 Å². The highest BCUT2D eigenvalue weighted by atomic mass is 16.5. The van der Waals surface area contributed by atoms with Crippen LogP contribution in [0.1, 0.15) is 10.4 Å². The number of hydrogen-bond acceptors (Lipinski definition) is 4. The summed E-state index contributed by atoms with van der Waals surface area (Å²) in [5, 5.41) is 0.958. The molecule has 0 saturated carbocycles. The minimum atomic E-state index is -0.532. The van der Waals surface area contributed by atoms with E-state index in [4.69, 9.17) is 16.2 Å². The zero-order valence-electron chi connectivity index (χ0n) is 11.1. The van der Waals surface area contributed by atoms with E-state index in [1.54, 1.807) is 24.4 Å². The second-order valence-corrected chi connectivity index (χ2v) is 4.55. The fraction of sp³-hybridized carbons (Fsp3) is 0. The maximum absolute atomic E-state index is 11.2. The van der Waals surface area contributed by atoms with Crippen LogP contribution in [0.3, 0.4) is 0 Å². The second kappa shape index (κ2) is 5.13. The molecule has 0 aliphatic heterocycles. The molecule has 0 fully saturated rings. The first kappa shape index (κ1) is 12.9. The molecule has 0 radical (unpaired) electrons. The molecule has 0 saturated heterocycles. The van der Waals surface area contributed by atoms with Gasteiger partial charge in [0.1, 0.15) is 5.52 Å². The Bertz CT molecular complexity index is 825. The molecular formula is C16H13N3O2. The van der Waals surface area contributed by atoms with Gasteiger partial charge in [-0.15, -0.1) is 0 Å². The smallest absolute Gasteiger partial charge is 0.248 e. The zero-order valence-corrected chi connectivity index (χ0v) is 11.1. The molecule has 1 heterocycles. The summed E-state index contributed by atoms with van der Waals surface area (Å²) in [7, 11) is 0. The number of nitrogen functional groups attached to an aromatic ring is 1. The number of pyridine rings is 1. The van der Waals surface area contributed by atoms with Gasteiger partial charge < -0.3 is 16.2 Å². The predicted octanol–water partition coefficient (Wildman–Crippen LogP) is 2.71. The maximum atomic E-state index is 11.2. The molecule has 2 aromatic carbocycles. The standard InChI is InChI=1S/C16H13N3O2/c17-12-7-6-11(16(18)20)9-14(12)21-13-5-1-3-10-4-2-8-19-15(10)13/h1-9H,17H2,(H2,18,20). The Morgan fingerprint density at radius 3 is 2.67 bits per heavy atom. The third kappa shape index (κ3) is 2.49. The van der Waals surface area contributed by atoms with E-state index in [-0.39, 0.29) is 0 Å². The van der Waals surface area contributed by atoms with Gasteiger partial charge in [-0.1, -0.05) is 18.2 Å². The summed E-state index contributed by atoms with van der Waals surface area (Å²) in [5.74, 6) is 0.418. The molecule has 0 aliphatic rings. The number of carbonyl (C=O) groups is 1. The van der Waals surface area contributed by atoms with Crippen molar-refractivity contribution < 1.29 is 9.53 Å². The highest BCUT2D eigenvalue weighted by Crippen LogP contribution is 2.32. The maximum Gasteiger partial charge on any atom is 0.248 e. The first-order valence-electron chi connectivity index (χ1n) is 6.36. The lowest BCUT2D eigenvalue weighted by Gasteiger charge is -2.11. The van der Waals surface area contributed by atoms with Crippen molar-refractivity contribution in [2.75, 3.05) is 5.73 Å². The molecule has 0 atom stereocenters. The average molecular weight is 279 g/mol. The lowest BCUT2D eigenvalue weighted by Crippen LogP contribution is -2.11. The van der Waals surface area contributed by atoms with Gasteiger partial charge in [-0.2, -0.15) is 0 Å². The van der Waals surface area contributed by atoms with Crippen molar-refractivity contribution in [2.24, 2.45) is 5.73 Å². The molecule has 104 valence electrons. The number of nitrogens with two attached hydrogens (primary N) is 2. The summed E-state index contributed by atoms with van der Waals surface area (Å²) in [4.78, 5) is 15.5. The summed E-state index contributed by atoms with van der Waals surface area (Å²) in [5.41, 5.74) is 12.6. The third-order valence-corrected chi connectivity index (χ3v) is 3.11. The number of hydrogen-bond donors (Lipinski definition) is 2. The number of primary amides is 1. The van der Waals surface area contributed by atoms with Crippen LogP contribution in [0.25, 0.3) is 10.9 Å². The normalized spacial score (nSPS) is 10.5. The molecule has 21 heavy (non-hydrogen) atoms. The second-order valence-electron chi connectivity index (χ2n) is 4.55. The quantitative estimate of drug-likeness (QED) is 0.721. The molecule has 3 rings (SSSR count). The minimum Gasteiger partial charge on any atom is -0.453 e. The van der Waals surface area contributed by atoms with Crippen LogP contribution >= 0.6 is 0 Å². The van der Waals surface area contributed by atoms with E-state index >= 15 is 0 Å². The van der Waals surface area contributed by atoms with Gasteiger partial charge in [0.2, 0.25) is 5.91 Å². The first-order chi connectivity index (χ1) is 10.1. The van der Waals surface area contributed by atoms with E-state index in [0.717, 1.165) is 10.9 Å². The lowest BCUT2D eigenvalue weighted by atomic mass is 10.1. The third-order valence-electron chi connectivity index (χ3n) is 3.11. The van der Waals surface area contributed by atoms with Crippen LogP contribution in [-0.2, 0) is 0 Å². The Hall–Kier alpha value is -3.08. The molecule has 0 spiro atoms. The molecule has 1 amide bonds. The van der Waals surface area contributed by atoms with Crippen molar-refractivity contribution in [3.63, 3.8) is 0 Å². The van der Waals surface area contributed by atoms with Crippen LogP contribution in [-0.4, -0.2) is 10.9 Å². The van der Waals surface area contributed by atoms with E-state index in [1.165, 1.54) is 6.07 Å². The van der Waals surface area contributed by atoms with Gasteiger partial charge in [0.25, 0.3) is 0 Å². The fourth-order valence-corrected chi connectivity index (χ4v) is 2.05. The van der Waals surface area contributed by atoms with E-state index in [0.29, 0.717) is 22.7 Å². The van der Waals surface area contributed by atoms with Gasteiger partial charge in [0, 0.05) is 17.1 Å². The Kier molecular flexibility index (Phi) is 3.16. The van der Waals surface area contributed by atoms with Gasteiger partial charge in [-0.3, -0.25) is 9.78 Å². The number of para-hydroxylation sites is 1. The highest BCUT2D eigenvalue weighted by Gasteiger charge is 2.09. The van der Waals surface area contributed by atoms with Crippen LogP contribution in [0.4, 0.5) is 5.69 Å². The number of nitrogens with zero attached hydrogens (tertiary/aromatic N) is 1. The summed E-state index contributed by atoms with van der Waals surface area (Å²) < 4.78 is 5.82. The van der Waals surface area contributed by atoms with Crippen LogP contribution in [0.5, 0.6) is 11.5 Å².